The van der Waals surface area contributed by atoms with Crippen molar-refractivity contribution in [3.63, 3.8) is 0 Å². The van der Waals surface area contributed by atoms with Crippen molar-refractivity contribution in [2.24, 2.45) is 11.1 Å². The van der Waals surface area contributed by atoms with Crippen LogP contribution in [0.1, 0.15) is 38.5 Å². The molecule has 1 fully saturated rings. The van der Waals surface area contributed by atoms with E-state index in [1.165, 1.54) is 17.4 Å². The van der Waals surface area contributed by atoms with Gasteiger partial charge in [-0.2, -0.15) is 4.68 Å². The van der Waals surface area contributed by atoms with Crippen LogP contribution >= 0.6 is 0 Å². The Morgan fingerprint density at radius 2 is 2.16 bits per heavy atom. The molecular formula is C17H24N6O2. The van der Waals surface area contributed by atoms with Gasteiger partial charge in [0.05, 0.1) is 7.11 Å². The van der Waals surface area contributed by atoms with E-state index in [4.69, 9.17) is 10.5 Å². The topological polar surface area (TPSA) is 108 Å². The number of nitrogens with two attached hydrogens (primary N) is 1. The van der Waals surface area contributed by atoms with Gasteiger partial charge in [-0.25, -0.2) is 0 Å². The first-order valence-electron chi connectivity index (χ1n) is 8.57. The number of aromatic nitrogens is 4. The predicted octanol–water partition coefficient (Wildman–Crippen LogP) is 1.91. The van der Waals surface area contributed by atoms with Crippen molar-refractivity contribution >= 4 is 11.6 Å². The lowest BCUT2D eigenvalue weighted by molar-refractivity contribution is -0.118. The number of nitrogens with zero attached hydrogens (tertiary/aromatic N) is 4. The van der Waals surface area contributed by atoms with E-state index in [9.17, 15) is 4.79 Å². The smallest absolute Gasteiger partial charge is 0.224 e. The maximum absolute atomic E-state index is 12.6. The molecule has 1 aromatic heterocycles. The molecule has 1 amide bonds. The maximum atomic E-state index is 12.6. The first kappa shape index (κ1) is 17.3. The second kappa shape index (κ2) is 7.60. The molecule has 0 saturated heterocycles. The Labute approximate surface area is 146 Å². The fourth-order valence-corrected chi connectivity index (χ4v) is 3.52. The predicted molar refractivity (Wildman–Crippen MR) is 93.5 cm³/mol. The highest BCUT2D eigenvalue weighted by atomic mass is 16.5. The SMILES string of the molecule is COc1ccc(NC(=O)CC2(CN)CCCCC2)cc1-n1cnnn1. The number of tetrazole rings is 1. The molecule has 0 aliphatic heterocycles. The number of benzene rings is 1. The van der Waals surface area contributed by atoms with E-state index in [-0.39, 0.29) is 11.3 Å². The van der Waals surface area contributed by atoms with Crippen LogP contribution in [-0.2, 0) is 4.79 Å². The monoisotopic (exact) mass is 344 g/mol. The third kappa shape index (κ3) is 3.96. The molecule has 0 radical (unpaired) electrons. The van der Waals surface area contributed by atoms with E-state index in [1.54, 1.807) is 25.3 Å². The Bertz CT molecular complexity index is 710. The van der Waals surface area contributed by atoms with E-state index in [0.717, 1.165) is 25.7 Å². The Morgan fingerprint density at radius 3 is 2.80 bits per heavy atom. The van der Waals surface area contributed by atoms with Gasteiger partial charge in [-0.1, -0.05) is 19.3 Å². The molecule has 25 heavy (non-hydrogen) atoms. The summed E-state index contributed by atoms with van der Waals surface area (Å²) in [6.07, 6.45) is 7.51. The Balaban J connectivity index is 1.74. The lowest BCUT2D eigenvalue weighted by atomic mass is 9.71. The van der Waals surface area contributed by atoms with Crippen LogP contribution in [-0.4, -0.2) is 39.8 Å². The summed E-state index contributed by atoms with van der Waals surface area (Å²) in [6, 6.07) is 5.38. The summed E-state index contributed by atoms with van der Waals surface area (Å²) in [5, 5.41) is 14.1. The van der Waals surface area contributed by atoms with Crippen LogP contribution < -0.4 is 15.8 Å². The summed E-state index contributed by atoms with van der Waals surface area (Å²) in [5.74, 6) is 0.608. The van der Waals surface area contributed by atoms with Gasteiger partial charge >= 0.3 is 0 Å². The van der Waals surface area contributed by atoms with Crippen LogP contribution in [0.15, 0.2) is 24.5 Å². The minimum atomic E-state index is -0.0620. The number of amides is 1. The highest BCUT2D eigenvalue weighted by Crippen LogP contribution is 2.38. The summed E-state index contributed by atoms with van der Waals surface area (Å²) in [6.45, 7) is 0.554. The van der Waals surface area contributed by atoms with Crippen molar-refractivity contribution in [3.8, 4) is 11.4 Å². The second-order valence-electron chi connectivity index (χ2n) is 6.63. The number of hydrogen-bond acceptors (Lipinski definition) is 6. The summed E-state index contributed by atoms with van der Waals surface area (Å²) in [4.78, 5) is 12.6. The van der Waals surface area contributed by atoms with Gasteiger partial charge in [0.15, 0.2) is 0 Å². The van der Waals surface area contributed by atoms with Crippen molar-refractivity contribution in [2.75, 3.05) is 19.0 Å². The van der Waals surface area contributed by atoms with Gasteiger partial charge in [-0.3, -0.25) is 4.79 Å². The molecule has 3 rings (SSSR count). The van der Waals surface area contributed by atoms with Crippen molar-refractivity contribution in [1.29, 1.82) is 0 Å². The molecular weight excluding hydrogens is 320 g/mol. The first-order chi connectivity index (χ1) is 12.2. The number of methoxy groups -OCH3 is 1. The molecule has 134 valence electrons. The van der Waals surface area contributed by atoms with E-state index < -0.39 is 0 Å². The first-order valence-corrected chi connectivity index (χ1v) is 8.57. The summed E-state index contributed by atoms with van der Waals surface area (Å²) in [5.41, 5.74) is 7.27. The molecule has 3 N–H and O–H groups in total. The largest absolute Gasteiger partial charge is 0.494 e. The zero-order valence-corrected chi connectivity index (χ0v) is 14.4. The molecule has 0 unspecified atom stereocenters. The molecule has 1 aromatic carbocycles. The molecule has 8 nitrogen and oxygen atoms in total. The number of anilines is 1. The molecule has 1 aliphatic carbocycles. The van der Waals surface area contributed by atoms with Crippen LogP contribution in [0, 0.1) is 5.41 Å². The zero-order valence-electron chi connectivity index (χ0n) is 14.4. The lowest BCUT2D eigenvalue weighted by Gasteiger charge is -2.35. The quantitative estimate of drug-likeness (QED) is 0.829. The molecule has 2 aromatic rings. The van der Waals surface area contributed by atoms with Crippen molar-refractivity contribution in [3.05, 3.63) is 24.5 Å². The van der Waals surface area contributed by atoms with Crippen LogP contribution in [0.2, 0.25) is 0 Å². The van der Waals surface area contributed by atoms with Gasteiger partial charge in [0.1, 0.15) is 17.8 Å². The summed E-state index contributed by atoms with van der Waals surface area (Å²) in [7, 11) is 1.58. The van der Waals surface area contributed by atoms with E-state index in [2.05, 4.69) is 20.8 Å². The average Bonchev–Trinajstić information content (AvgIpc) is 3.17. The van der Waals surface area contributed by atoms with E-state index in [1.807, 2.05) is 0 Å². The van der Waals surface area contributed by atoms with Gasteiger partial charge in [0.2, 0.25) is 5.91 Å². The fourth-order valence-electron chi connectivity index (χ4n) is 3.52. The zero-order chi connectivity index (χ0) is 17.7. The fraction of sp³-hybridized carbons (Fsp3) is 0.529. The summed E-state index contributed by atoms with van der Waals surface area (Å²) < 4.78 is 6.84. The Morgan fingerprint density at radius 1 is 1.36 bits per heavy atom. The highest BCUT2D eigenvalue weighted by Gasteiger charge is 2.33. The van der Waals surface area contributed by atoms with E-state index >= 15 is 0 Å². The lowest BCUT2D eigenvalue weighted by Crippen LogP contribution is -2.36. The minimum absolute atomic E-state index is 0.0137. The van der Waals surface area contributed by atoms with Gasteiger partial charge in [0, 0.05) is 12.1 Å². The highest BCUT2D eigenvalue weighted by molar-refractivity contribution is 5.91. The van der Waals surface area contributed by atoms with Crippen molar-refractivity contribution in [1.82, 2.24) is 20.2 Å². The third-order valence-electron chi connectivity index (χ3n) is 4.94. The molecule has 8 heteroatoms. The van der Waals surface area contributed by atoms with Gasteiger partial charge in [-0.15, -0.1) is 5.10 Å². The number of carbonyl (C=O) groups excluding carboxylic acids is 1. The van der Waals surface area contributed by atoms with Crippen molar-refractivity contribution < 1.29 is 9.53 Å². The molecule has 0 bridgehead atoms. The Kier molecular flexibility index (Phi) is 5.28. The second-order valence-corrected chi connectivity index (χ2v) is 6.63. The van der Waals surface area contributed by atoms with Crippen LogP contribution in [0.5, 0.6) is 5.75 Å². The molecule has 1 saturated carbocycles. The Hall–Kier alpha value is -2.48. The maximum Gasteiger partial charge on any atom is 0.224 e. The standard InChI is InChI=1S/C17H24N6O2/c1-25-15-6-5-13(9-14(15)23-12-19-21-22-23)20-16(24)10-17(11-18)7-3-2-4-8-17/h5-6,9,12H,2-4,7-8,10-11,18H2,1H3,(H,20,24). The normalized spacial score (nSPS) is 16.4. The van der Waals surface area contributed by atoms with E-state index in [0.29, 0.717) is 30.1 Å². The number of rotatable bonds is 6. The average molecular weight is 344 g/mol. The van der Waals surface area contributed by atoms with Crippen LogP contribution in [0.4, 0.5) is 5.69 Å². The van der Waals surface area contributed by atoms with Crippen LogP contribution in [0.25, 0.3) is 5.69 Å². The van der Waals surface area contributed by atoms with Gasteiger partial charge in [-0.05, 0) is 53.4 Å². The molecule has 1 aliphatic rings. The van der Waals surface area contributed by atoms with Crippen LogP contribution in [0.3, 0.4) is 0 Å². The number of hydrogen-bond donors (Lipinski definition) is 2. The number of ether oxygens (including phenoxy) is 1. The third-order valence-corrected chi connectivity index (χ3v) is 4.94. The molecule has 0 atom stereocenters. The number of carbonyl (C=O) groups is 1. The van der Waals surface area contributed by atoms with Gasteiger partial charge in [0.25, 0.3) is 0 Å². The number of nitrogens with one attached hydrogen (secondary N) is 1. The molecule has 0 spiro atoms. The van der Waals surface area contributed by atoms with Crippen molar-refractivity contribution in [2.45, 2.75) is 38.5 Å². The minimum Gasteiger partial charge on any atom is -0.494 e. The molecule has 1 heterocycles. The summed E-state index contributed by atoms with van der Waals surface area (Å²) >= 11 is 0. The van der Waals surface area contributed by atoms with Gasteiger partial charge < -0.3 is 15.8 Å².